The second-order valence-corrected chi connectivity index (χ2v) is 5.05. The fraction of sp³-hybridized carbons (Fsp3) is 0.833. The Morgan fingerprint density at radius 3 is 2.41 bits per heavy atom. The molecule has 0 aliphatic carbocycles. The highest BCUT2D eigenvalue weighted by Crippen LogP contribution is 2.20. The molecule has 0 saturated carbocycles. The lowest BCUT2D eigenvalue weighted by molar-refractivity contribution is -0.137. The zero-order chi connectivity index (χ0) is 13.0. The van der Waals surface area contributed by atoms with E-state index >= 15 is 0 Å². The molecule has 1 aliphatic heterocycles. The van der Waals surface area contributed by atoms with Crippen molar-refractivity contribution >= 4 is 11.9 Å². The van der Waals surface area contributed by atoms with Gasteiger partial charge in [0, 0.05) is 32.0 Å². The van der Waals surface area contributed by atoms with Gasteiger partial charge in [0.05, 0.1) is 0 Å². The molecule has 0 bridgehead atoms. The van der Waals surface area contributed by atoms with Crippen LogP contribution in [0.25, 0.3) is 0 Å². The number of likely N-dealkylation sites (N-methyl/N-ethyl adjacent to an activating group) is 1. The van der Waals surface area contributed by atoms with Crippen LogP contribution in [0.3, 0.4) is 0 Å². The van der Waals surface area contributed by atoms with E-state index in [0.29, 0.717) is 24.8 Å². The largest absolute Gasteiger partial charge is 0.481 e. The van der Waals surface area contributed by atoms with Crippen molar-refractivity contribution in [3.8, 4) is 0 Å². The van der Waals surface area contributed by atoms with Crippen LogP contribution in [0.5, 0.6) is 0 Å². The van der Waals surface area contributed by atoms with Crippen molar-refractivity contribution in [3.05, 3.63) is 0 Å². The molecule has 1 heterocycles. The Labute approximate surface area is 102 Å². The van der Waals surface area contributed by atoms with Gasteiger partial charge in [0.25, 0.3) is 0 Å². The number of likely N-dealkylation sites (tertiary alicyclic amines) is 1. The third-order valence-electron chi connectivity index (χ3n) is 3.37. The quantitative estimate of drug-likeness (QED) is 0.769. The maximum absolute atomic E-state index is 11.9. The number of amides is 1. The summed E-state index contributed by atoms with van der Waals surface area (Å²) in [5.74, 6) is -0.269. The Bertz CT molecular complexity index is 291. The van der Waals surface area contributed by atoms with Crippen LogP contribution in [0.1, 0.15) is 26.2 Å². The first kappa shape index (κ1) is 14.0. The highest BCUT2D eigenvalue weighted by Gasteiger charge is 2.33. The Morgan fingerprint density at radius 1 is 1.29 bits per heavy atom. The van der Waals surface area contributed by atoms with Crippen LogP contribution in [0, 0.1) is 5.92 Å². The van der Waals surface area contributed by atoms with Gasteiger partial charge in [0.15, 0.2) is 0 Å². The van der Waals surface area contributed by atoms with Gasteiger partial charge in [-0.05, 0) is 26.4 Å². The Hall–Kier alpha value is -1.10. The molecule has 1 N–H and O–H groups in total. The maximum atomic E-state index is 11.9. The molecule has 17 heavy (non-hydrogen) atoms. The van der Waals surface area contributed by atoms with E-state index in [1.54, 1.807) is 0 Å². The van der Waals surface area contributed by atoms with E-state index in [1.165, 1.54) is 0 Å². The predicted molar refractivity (Wildman–Crippen MR) is 64.7 cm³/mol. The minimum absolute atomic E-state index is 0.0756. The molecule has 0 aromatic carbocycles. The SMILES string of the molecule is CC1CN(C(=O)CCCC(=O)O)CC1N(C)C. The summed E-state index contributed by atoms with van der Waals surface area (Å²) in [6.07, 6.45) is 0.858. The summed E-state index contributed by atoms with van der Waals surface area (Å²) in [5, 5.41) is 8.52. The Kier molecular flexibility index (Phi) is 4.93. The number of hydrogen-bond donors (Lipinski definition) is 1. The van der Waals surface area contributed by atoms with Gasteiger partial charge in [-0.2, -0.15) is 0 Å². The molecule has 1 rings (SSSR count). The van der Waals surface area contributed by atoms with Gasteiger partial charge < -0.3 is 14.9 Å². The number of nitrogens with zero attached hydrogens (tertiary/aromatic N) is 2. The fourth-order valence-corrected chi connectivity index (χ4v) is 2.37. The molecule has 2 atom stereocenters. The first-order chi connectivity index (χ1) is 7.91. The monoisotopic (exact) mass is 242 g/mol. The van der Waals surface area contributed by atoms with Crippen molar-refractivity contribution in [3.63, 3.8) is 0 Å². The van der Waals surface area contributed by atoms with Gasteiger partial charge in [0.2, 0.25) is 5.91 Å². The van der Waals surface area contributed by atoms with Crippen molar-refractivity contribution < 1.29 is 14.7 Å². The lowest BCUT2D eigenvalue weighted by Crippen LogP contribution is -2.35. The Balaban J connectivity index is 2.37. The van der Waals surface area contributed by atoms with Gasteiger partial charge in [0.1, 0.15) is 0 Å². The Morgan fingerprint density at radius 2 is 1.94 bits per heavy atom. The number of carboxylic acid groups (broad SMARTS) is 1. The summed E-state index contributed by atoms with van der Waals surface area (Å²) < 4.78 is 0. The van der Waals surface area contributed by atoms with Crippen molar-refractivity contribution in [2.75, 3.05) is 27.2 Å². The summed E-state index contributed by atoms with van der Waals surface area (Å²) in [6.45, 7) is 3.70. The molecule has 5 nitrogen and oxygen atoms in total. The van der Waals surface area contributed by atoms with Crippen molar-refractivity contribution in [2.24, 2.45) is 5.92 Å². The van der Waals surface area contributed by atoms with E-state index in [9.17, 15) is 9.59 Å². The number of aliphatic carboxylic acids is 1. The molecule has 1 aliphatic rings. The van der Waals surface area contributed by atoms with Gasteiger partial charge in [-0.15, -0.1) is 0 Å². The molecular formula is C12H22N2O3. The molecule has 0 aromatic heterocycles. The number of carboxylic acids is 1. The highest BCUT2D eigenvalue weighted by molar-refractivity contribution is 5.77. The normalized spacial score (nSPS) is 24.4. The minimum Gasteiger partial charge on any atom is -0.481 e. The number of carbonyl (C=O) groups is 2. The molecule has 2 unspecified atom stereocenters. The van der Waals surface area contributed by atoms with Gasteiger partial charge in [-0.25, -0.2) is 0 Å². The van der Waals surface area contributed by atoms with Crippen molar-refractivity contribution in [1.29, 1.82) is 0 Å². The standard InChI is InChI=1S/C12H22N2O3/c1-9-7-14(8-10(9)13(2)3)11(15)5-4-6-12(16)17/h9-10H,4-8H2,1-3H3,(H,16,17). The van der Waals surface area contributed by atoms with Gasteiger partial charge in [-0.1, -0.05) is 6.92 Å². The second kappa shape index (κ2) is 6.00. The topological polar surface area (TPSA) is 60.9 Å². The third kappa shape index (κ3) is 4.00. The van der Waals surface area contributed by atoms with Crippen LogP contribution in [-0.2, 0) is 9.59 Å². The average molecular weight is 242 g/mol. The fourth-order valence-electron chi connectivity index (χ4n) is 2.37. The molecule has 1 saturated heterocycles. The maximum Gasteiger partial charge on any atom is 0.303 e. The van der Waals surface area contributed by atoms with E-state index < -0.39 is 5.97 Å². The van der Waals surface area contributed by atoms with E-state index in [0.717, 1.165) is 13.1 Å². The minimum atomic E-state index is -0.834. The van der Waals surface area contributed by atoms with E-state index in [2.05, 4.69) is 11.8 Å². The van der Waals surface area contributed by atoms with Crippen LogP contribution in [0.2, 0.25) is 0 Å². The summed E-state index contributed by atoms with van der Waals surface area (Å²) >= 11 is 0. The van der Waals surface area contributed by atoms with Crippen LogP contribution in [-0.4, -0.2) is 60.0 Å². The predicted octanol–water partition coefficient (Wildman–Crippen LogP) is 0.650. The van der Waals surface area contributed by atoms with Gasteiger partial charge in [-0.3, -0.25) is 9.59 Å². The van der Waals surface area contributed by atoms with Crippen molar-refractivity contribution in [1.82, 2.24) is 9.80 Å². The lowest BCUT2D eigenvalue weighted by atomic mass is 10.1. The molecule has 1 fully saturated rings. The number of carbonyl (C=O) groups excluding carboxylic acids is 1. The summed E-state index contributed by atoms with van der Waals surface area (Å²) in [6, 6.07) is 0.415. The third-order valence-corrected chi connectivity index (χ3v) is 3.37. The van der Waals surface area contributed by atoms with Crippen LogP contribution in [0.15, 0.2) is 0 Å². The zero-order valence-corrected chi connectivity index (χ0v) is 10.8. The first-order valence-corrected chi connectivity index (χ1v) is 6.07. The molecule has 0 radical (unpaired) electrons. The molecule has 1 amide bonds. The molecule has 98 valence electrons. The summed E-state index contributed by atoms with van der Waals surface area (Å²) in [5.41, 5.74) is 0. The van der Waals surface area contributed by atoms with E-state index in [4.69, 9.17) is 5.11 Å². The van der Waals surface area contributed by atoms with Crippen LogP contribution >= 0.6 is 0 Å². The average Bonchev–Trinajstić information content (AvgIpc) is 2.59. The van der Waals surface area contributed by atoms with Crippen LogP contribution < -0.4 is 0 Å². The smallest absolute Gasteiger partial charge is 0.303 e. The van der Waals surface area contributed by atoms with E-state index in [1.807, 2.05) is 19.0 Å². The summed E-state index contributed by atoms with van der Waals surface area (Å²) in [7, 11) is 4.05. The molecule has 0 aromatic rings. The van der Waals surface area contributed by atoms with E-state index in [-0.39, 0.29) is 12.3 Å². The highest BCUT2D eigenvalue weighted by atomic mass is 16.4. The van der Waals surface area contributed by atoms with Crippen molar-refractivity contribution in [2.45, 2.75) is 32.2 Å². The lowest BCUT2D eigenvalue weighted by Gasteiger charge is -2.22. The second-order valence-electron chi connectivity index (χ2n) is 5.05. The van der Waals surface area contributed by atoms with Crippen LogP contribution in [0.4, 0.5) is 0 Å². The number of rotatable bonds is 5. The molecule has 5 heteroatoms. The summed E-state index contributed by atoms with van der Waals surface area (Å²) in [4.78, 5) is 26.2. The molecule has 0 spiro atoms. The first-order valence-electron chi connectivity index (χ1n) is 6.07. The zero-order valence-electron chi connectivity index (χ0n) is 10.8. The van der Waals surface area contributed by atoms with Gasteiger partial charge >= 0.3 is 5.97 Å². The molecular weight excluding hydrogens is 220 g/mol. The number of hydrogen-bond acceptors (Lipinski definition) is 3.